The summed E-state index contributed by atoms with van der Waals surface area (Å²) in [5.41, 5.74) is -0.0926. The third-order valence-corrected chi connectivity index (χ3v) is 4.47. The van der Waals surface area contributed by atoms with Crippen molar-refractivity contribution in [1.82, 2.24) is 0 Å². The highest BCUT2D eigenvalue weighted by Crippen LogP contribution is 2.58. The first kappa shape index (κ1) is 8.55. The van der Waals surface area contributed by atoms with E-state index in [1.807, 2.05) is 0 Å². The van der Waals surface area contributed by atoms with E-state index >= 15 is 0 Å². The monoisotopic (exact) mass is 186 g/mol. The van der Waals surface area contributed by atoms with Gasteiger partial charge in [-0.1, -0.05) is 6.92 Å². The van der Waals surface area contributed by atoms with E-state index in [4.69, 9.17) is 11.6 Å². The molecule has 12 heavy (non-hydrogen) atoms. The second-order valence-corrected chi connectivity index (χ2v) is 4.82. The maximum absolute atomic E-state index is 11.0. The van der Waals surface area contributed by atoms with Crippen LogP contribution in [0.1, 0.15) is 26.2 Å². The van der Waals surface area contributed by atoms with Gasteiger partial charge in [0.15, 0.2) is 0 Å². The fraction of sp³-hybridized carbons (Fsp3) is 0.900. The molecule has 0 aromatic carbocycles. The molecular formula is C10H15ClO. The molecule has 0 aliphatic heterocycles. The lowest BCUT2D eigenvalue weighted by Gasteiger charge is -2.35. The van der Waals surface area contributed by atoms with Crippen molar-refractivity contribution in [2.45, 2.75) is 26.2 Å². The quantitative estimate of drug-likeness (QED) is 0.479. The molecule has 0 spiro atoms. The SMILES string of the molecule is CC1(C=O)C2CCC(C2)C1CCl. The number of carbonyl (C=O) groups excluding carboxylic acids is 1. The predicted octanol–water partition coefficient (Wildman–Crippen LogP) is 2.48. The van der Waals surface area contributed by atoms with Crippen molar-refractivity contribution in [3.8, 4) is 0 Å². The topological polar surface area (TPSA) is 17.1 Å². The van der Waals surface area contributed by atoms with Crippen LogP contribution < -0.4 is 0 Å². The van der Waals surface area contributed by atoms with Crippen LogP contribution in [0.3, 0.4) is 0 Å². The normalized spacial score (nSPS) is 51.3. The van der Waals surface area contributed by atoms with Gasteiger partial charge in [0, 0.05) is 11.3 Å². The molecule has 0 radical (unpaired) electrons. The number of fused-ring (bicyclic) bond motifs is 2. The molecule has 0 N–H and O–H groups in total. The highest BCUT2D eigenvalue weighted by molar-refractivity contribution is 6.18. The van der Waals surface area contributed by atoms with Gasteiger partial charge in [-0.15, -0.1) is 11.6 Å². The fourth-order valence-corrected chi connectivity index (χ4v) is 3.82. The fourth-order valence-electron chi connectivity index (χ4n) is 3.23. The average Bonchev–Trinajstić information content (AvgIpc) is 2.63. The molecule has 4 unspecified atom stereocenters. The van der Waals surface area contributed by atoms with E-state index in [-0.39, 0.29) is 5.41 Å². The Morgan fingerprint density at radius 3 is 2.83 bits per heavy atom. The van der Waals surface area contributed by atoms with Crippen molar-refractivity contribution in [2.24, 2.45) is 23.2 Å². The Morgan fingerprint density at radius 1 is 1.58 bits per heavy atom. The van der Waals surface area contributed by atoms with Gasteiger partial charge >= 0.3 is 0 Å². The second-order valence-electron chi connectivity index (χ2n) is 4.51. The molecule has 2 heteroatoms. The van der Waals surface area contributed by atoms with Gasteiger partial charge < -0.3 is 4.79 Å². The summed E-state index contributed by atoms with van der Waals surface area (Å²) in [7, 11) is 0. The summed E-state index contributed by atoms with van der Waals surface area (Å²) < 4.78 is 0. The van der Waals surface area contributed by atoms with E-state index in [9.17, 15) is 4.79 Å². The second kappa shape index (κ2) is 2.73. The highest BCUT2D eigenvalue weighted by Gasteiger charge is 2.54. The molecule has 2 bridgehead atoms. The summed E-state index contributed by atoms with van der Waals surface area (Å²) in [6.45, 7) is 2.09. The molecule has 4 atom stereocenters. The van der Waals surface area contributed by atoms with Gasteiger partial charge in [-0.25, -0.2) is 0 Å². The van der Waals surface area contributed by atoms with Crippen LogP contribution in [0.25, 0.3) is 0 Å². The van der Waals surface area contributed by atoms with Crippen LogP contribution in [0.2, 0.25) is 0 Å². The van der Waals surface area contributed by atoms with Crippen LogP contribution in [-0.4, -0.2) is 12.2 Å². The molecule has 0 saturated heterocycles. The molecule has 0 heterocycles. The number of rotatable bonds is 2. The summed E-state index contributed by atoms with van der Waals surface area (Å²) in [4.78, 5) is 11.0. The number of aldehydes is 1. The Kier molecular flexibility index (Phi) is 1.95. The first-order valence-electron chi connectivity index (χ1n) is 4.74. The highest BCUT2D eigenvalue weighted by atomic mass is 35.5. The number of halogens is 1. The standard InChI is InChI=1S/C10H15ClO/c1-10(6-12)8-3-2-7(4-8)9(10)5-11/h6-9H,2-5H2,1H3. The first-order chi connectivity index (χ1) is 5.72. The van der Waals surface area contributed by atoms with E-state index < -0.39 is 0 Å². The molecule has 0 amide bonds. The van der Waals surface area contributed by atoms with Gasteiger partial charge in [0.25, 0.3) is 0 Å². The Hall–Kier alpha value is -0.0400. The van der Waals surface area contributed by atoms with Gasteiger partial charge in [0.1, 0.15) is 6.29 Å². The first-order valence-corrected chi connectivity index (χ1v) is 5.28. The Balaban J connectivity index is 2.27. The minimum absolute atomic E-state index is 0.0926. The summed E-state index contributed by atoms with van der Waals surface area (Å²) in [6, 6.07) is 0. The Labute approximate surface area is 78.5 Å². The molecule has 2 aliphatic rings. The van der Waals surface area contributed by atoms with Crippen LogP contribution in [0, 0.1) is 23.2 Å². The smallest absolute Gasteiger partial charge is 0.126 e. The molecule has 0 aromatic rings. The Bertz CT molecular complexity index is 204. The van der Waals surface area contributed by atoms with Crippen molar-refractivity contribution in [3.63, 3.8) is 0 Å². The minimum atomic E-state index is -0.0926. The molecule has 0 aromatic heterocycles. The molecule has 2 rings (SSSR count). The maximum atomic E-state index is 11.0. The summed E-state index contributed by atoms with van der Waals surface area (Å²) >= 11 is 5.91. The zero-order chi connectivity index (χ0) is 8.77. The summed E-state index contributed by atoms with van der Waals surface area (Å²) in [5, 5.41) is 0. The van der Waals surface area contributed by atoms with Crippen LogP contribution >= 0.6 is 11.6 Å². The molecule has 2 aliphatic carbocycles. The Morgan fingerprint density at radius 2 is 2.33 bits per heavy atom. The van der Waals surface area contributed by atoms with E-state index in [0.29, 0.717) is 17.7 Å². The summed E-state index contributed by atoms with van der Waals surface area (Å²) in [6.07, 6.45) is 4.94. The minimum Gasteiger partial charge on any atom is -0.303 e. The van der Waals surface area contributed by atoms with E-state index in [1.54, 1.807) is 0 Å². The molecule has 1 nitrogen and oxygen atoms in total. The van der Waals surface area contributed by atoms with Gasteiger partial charge in [-0.05, 0) is 37.0 Å². The third-order valence-electron chi connectivity index (χ3n) is 4.14. The van der Waals surface area contributed by atoms with Crippen molar-refractivity contribution in [1.29, 1.82) is 0 Å². The van der Waals surface area contributed by atoms with Crippen LogP contribution in [0.5, 0.6) is 0 Å². The zero-order valence-electron chi connectivity index (χ0n) is 7.42. The van der Waals surface area contributed by atoms with Gasteiger partial charge in [0.05, 0.1) is 0 Å². The van der Waals surface area contributed by atoms with Crippen LogP contribution in [0.15, 0.2) is 0 Å². The van der Waals surface area contributed by atoms with Gasteiger partial charge in [-0.3, -0.25) is 0 Å². The lowest BCUT2D eigenvalue weighted by Crippen LogP contribution is -2.36. The van der Waals surface area contributed by atoms with Crippen molar-refractivity contribution < 1.29 is 4.79 Å². The molecule has 2 saturated carbocycles. The van der Waals surface area contributed by atoms with Crippen molar-refractivity contribution >= 4 is 17.9 Å². The summed E-state index contributed by atoms with van der Waals surface area (Å²) in [5.74, 6) is 2.48. The molecular weight excluding hydrogens is 172 g/mol. The van der Waals surface area contributed by atoms with Crippen molar-refractivity contribution in [2.75, 3.05) is 5.88 Å². The number of hydrogen-bond acceptors (Lipinski definition) is 1. The number of carbonyl (C=O) groups is 1. The molecule has 2 fully saturated rings. The lowest BCUT2D eigenvalue weighted by molar-refractivity contribution is -0.120. The maximum Gasteiger partial charge on any atom is 0.126 e. The molecule has 68 valence electrons. The van der Waals surface area contributed by atoms with E-state index in [1.165, 1.54) is 19.3 Å². The van der Waals surface area contributed by atoms with Crippen molar-refractivity contribution in [3.05, 3.63) is 0 Å². The zero-order valence-corrected chi connectivity index (χ0v) is 8.18. The lowest BCUT2D eigenvalue weighted by atomic mass is 9.69. The third kappa shape index (κ3) is 0.891. The van der Waals surface area contributed by atoms with Crippen LogP contribution in [-0.2, 0) is 4.79 Å². The largest absolute Gasteiger partial charge is 0.303 e. The van der Waals surface area contributed by atoms with Gasteiger partial charge in [0.2, 0.25) is 0 Å². The number of hydrogen-bond donors (Lipinski definition) is 0. The number of alkyl halides is 1. The van der Waals surface area contributed by atoms with Gasteiger partial charge in [-0.2, -0.15) is 0 Å². The van der Waals surface area contributed by atoms with Crippen LogP contribution in [0.4, 0.5) is 0 Å². The predicted molar refractivity (Wildman–Crippen MR) is 49.2 cm³/mol. The van der Waals surface area contributed by atoms with E-state index in [2.05, 4.69) is 6.92 Å². The average molecular weight is 187 g/mol. The van der Waals surface area contributed by atoms with E-state index in [0.717, 1.165) is 12.2 Å².